The minimum Gasteiger partial charge on any atom is -0.355 e. The highest BCUT2D eigenvalue weighted by atomic mass is 16.2. The first-order valence-electron chi connectivity index (χ1n) is 9.71. The van der Waals surface area contributed by atoms with Gasteiger partial charge in [-0.1, -0.05) is 12.1 Å². The highest BCUT2D eigenvalue weighted by Crippen LogP contribution is 2.18. The van der Waals surface area contributed by atoms with Crippen molar-refractivity contribution in [2.24, 2.45) is 11.7 Å². The van der Waals surface area contributed by atoms with Gasteiger partial charge in [0.25, 0.3) is 5.56 Å². The number of rotatable bonds is 6. The van der Waals surface area contributed by atoms with E-state index in [9.17, 15) is 14.4 Å². The number of amides is 2. The molecule has 0 radical (unpaired) electrons. The second-order valence-corrected chi connectivity index (χ2v) is 7.22. The lowest BCUT2D eigenvalue weighted by molar-refractivity contribution is -0.135. The van der Waals surface area contributed by atoms with Crippen LogP contribution in [0, 0.1) is 12.8 Å². The number of hydrogen-bond donors (Lipinski definition) is 2. The van der Waals surface area contributed by atoms with E-state index in [-0.39, 0.29) is 36.3 Å². The van der Waals surface area contributed by atoms with Crippen LogP contribution in [0.5, 0.6) is 0 Å². The monoisotopic (exact) mass is 385 g/mol. The third-order valence-corrected chi connectivity index (χ3v) is 5.21. The first-order valence-corrected chi connectivity index (χ1v) is 9.71. The minimum atomic E-state index is -0.197. The Morgan fingerprint density at radius 2 is 2.18 bits per heavy atom. The second kappa shape index (κ2) is 8.97. The number of aryl methyl sites for hydroxylation is 2. The van der Waals surface area contributed by atoms with Gasteiger partial charge in [-0.25, -0.2) is 4.98 Å². The van der Waals surface area contributed by atoms with Crippen molar-refractivity contribution in [3.63, 3.8) is 0 Å². The van der Waals surface area contributed by atoms with Gasteiger partial charge in [-0.2, -0.15) is 0 Å². The molecule has 1 unspecified atom stereocenters. The molecule has 28 heavy (non-hydrogen) atoms. The van der Waals surface area contributed by atoms with Crippen molar-refractivity contribution < 1.29 is 9.59 Å². The average Bonchev–Trinajstić information content (AvgIpc) is 2.72. The van der Waals surface area contributed by atoms with E-state index in [4.69, 9.17) is 5.73 Å². The van der Waals surface area contributed by atoms with Gasteiger partial charge in [0, 0.05) is 39.1 Å². The number of carbonyl (C=O) groups is 2. The van der Waals surface area contributed by atoms with Crippen LogP contribution in [-0.4, -0.2) is 52.4 Å². The van der Waals surface area contributed by atoms with E-state index in [1.807, 2.05) is 19.1 Å². The fourth-order valence-electron chi connectivity index (χ4n) is 3.63. The van der Waals surface area contributed by atoms with E-state index < -0.39 is 0 Å². The van der Waals surface area contributed by atoms with Gasteiger partial charge < -0.3 is 16.0 Å². The first-order chi connectivity index (χ1) is 13.5. The number of benzene rings is 1. The van der Waals surface area contributed by atoms with Gasteiger partial charge in [0.05, 0.1) is 23.1 Å². The number of likely N-dealkylation sites (tertiary alicyclic amines) is 1. The van der Waals surface area contributed by atoms with E-state index >= 15 is 0 Å². The predicted octanol–water partition coefficient (Wildman–Crippen LogP) is 0.409. The third kappa shape index (κ3) is 4.39. The van der Waals surface area contributed by atoms with E-state index in [0.717, 1.165) is 18.4 Å². The lowest BCUT2D eigenvalue weighted by Gasteiger charge is -2.32. The van der Waals surface area contributed by atoms with Crippen molar-refractivity contribution in [2.75, 3.05) is 26.2 Å². The van der Waals surface area contributed by atoms with Crippen LogP contribution < -0.4 is 16.6 Å². The van der Waals surface area contributed by atoms with Crippen LogP contribution in [0.4, 0.5) is 0 Å². The Bertz CT molecular complexity index is 924. The summed E-state index contributed by atoms with van der Waals surface area (Å²) in [6.45, 7) is 4.09. The summed E-state index contributed by atoms with van der Waals surface area (Å²) in [5.74, 6) is -0.293. The molecule has 150 valence electrons. The van der Waals surface area contributed by atoms with Crippen molar-refractivity contribution in [3.05, 3.63) is 40.4 Å². The minimum absolute atomic E-state index is 0.0479. The fourth-order valence-corrected chi connectivity index (χ4v) is 3.63. The van der Waals surface area contributed by atoms with Crippen LogP contribution in [0.3, 0.4) is 0 Å². The van der Waals surface area contributed by atoms with Crippen LogP contribution in [0.2, 0.25) is 0 Å². The molecule has 1 aromatic carbocycles. The molecule has 3 rings (SSSR count). The highest BCUT2D eigenvalue weighted by molar-refractivity contribution is 5.82. The summed E-state index contributed by atoms with van der Waals surface area (Å²) in [4.78, 5) is 43.5. The van der Waals surface area contributed by atoms with Crippen molar-refractivity contribution in [1.29, 1.82) is 0 Å². The molecule has 0 aliphatic carbocycles. The zero-order chi connectivity index (χ0) is 20.1. The SMILES string of the molecule is Cc1cccc2c(=O)n(CCC(=O)N3CCCC(C(=O)NCCN)C3)cnc12. The van der Waals surface area contributed by atoms with E-state index in [0.29, 0.717) is 37.1 Å². The summed E-state index contributed by atoms with van der Waals surface area (Å²) in [5.41, 5.74) is 6.92. The summed E-state index contributed by atoms with van der Waals surface area (Å²) < 4.78 is 1.48. The zero-order valence-corrected chi connectivity index (χ0v) is 16.2. The normalized spacial score (nSPS) is 16.9. The van der Waals surface area contributed by atoms with Crippen LogP contribution in [0.25, 0.3) is 10.9 Å². The predicted molar refractivity (Wildman–Crippen MR) is 107 cm³/mol. The topological polar surface area (TPSA) is 110 Å². The molecule has 0 bridgehead atoms. The van der Waals surface area contributed by atoms with Crippen LogP contribution in [-0.2, 0) is 16.1 Å². The van der Waals surface area contributed by atoms with E-state index in [2.05, 4.69) is 10.3 Å². The Morgan fingerprint density at radius 3 is 2.96 bits per heavy atom. The summed E-state index contributed by atoms with van der Waals surface area (Å²) in [7, 11) is 0. The lowest BCUT2D eigenvalue weighted by Crippen LogP contribution is -2.46. The number of nitrogens with one attached hydrogen (secondary N) is 1. The number of nitrogens with zero attached hydrogens (tertiary/aromatic N) is 3. The Hall–Kier alpha value is -2.74. The average molecular weight is 385 g/mol. The molecule has 1 atom stereocenters. The third-order valence-electron chi connectivity index (χ3n) is 5.21. The molecule has 3 N–H and O–H groups in total. The molecule has 0 saturated carbocycles. The lowest BCUT2D eigenvalue weighted by atomic mass is 9.97. The molecule has 1 aliphatic heterocycles. The maximum Gasteiger partial charge on any atom is 0.261 e. The van der Waals surface area contributed by atoms with Crippen LogP contribution in [0.15, 0.2) is 29.3 Å². The Balaban J connectivity index is 1.62. The number of para-hydroxylation sites is 1. The van der Waals surface area contributed by atoms with Gasteiger partial charge in [-0.3, -0.25) is 19.0 Å². The molecule has 1 aliphatic rings. The summed E-state index contributed by atoms with van der Waals surface area (Å²) in [5, 5.41) is 3.35. The fraction of sp³-hybridized carbons (Fsp3) is 0.500. The van der Waals surface area contributed by atoms with Crippen molar-refractivity contribution in [3.8, 4) is 0 Å². The number of hydrogen-bond acceptors (Lipinski definition) is 5. The molecule has 1 fully saturated rings. The Kier molecular flexibility index (Phi) is 6.41. The zero-order valence-electron chi connectivity index (χ0n) is 16.2. The van der Waals surface area contributed by atoms with Crippen molar-refractivity contribution in [2.45, 2.75) is 32.7 Å². The first kappa shape index (κ1) is 20.0. The summed E-state index contributed by atoms with van der Waals surface area (Å²) in [6.07, 6.45) is 3.27. The number of aromatic nitrogens is 2. The molecule has 2 amide bonds. The summed E-state index contributed by atoms with van der Waals surface area (Å²) >= 11 is 0. The number of nitrogens with two attached hydrogens (primary N) is 1. The van der Waals surface area contributed by atoms with Gasteiger partial charge in [0.2, 0.25) is 11.8 Å². The van der Waals surface area contributed by atoms with Crippen molar-refractivity contribution in [1.82, 2.24) is 19.8 Å². The second-order valence-electron chi connectivity index (χ2n) is 7.22. The van der Waals surface area contributed by atoms with Gasteiger partial charge >= 0.3 is 0 Å². The van der Waals surface area contributed by atoms with Gasteiger partial charge in [0.1, 0.15) is 0 Å². The van der Waals surface area contributed by atoms with Crippen LogP contribution >= 0.6 is 0 Å². The molecule has 1 saturated heterocycles. The largest absolute Gasteiger partial charge is 0.355 e. The summed E-state index contributed by atoms with van der Waals surface area (Å²) in [6, 6.07) is 5.50. The van der Waals surface area contributed by atoms with Crippen molar-refractivity contribution >= 4 is 22.7 Å². The van der Waals surface area contributed by atoms with E-state index in [1.54, 1.807) is 11.0 Å². The maximum absolute atomic E-state index is 12.6. The maximum atomic E-state index is 12.6. The number of piperidine rings is 1. The molecule has 8 nitrogen and oxygen atoms in total. The van der Waals surface area contributed by atoms with E-state index in [1.165, 1.54) is 10.9 Å². The highest BCUT2D eigenvalue weighted by Gasteiger charge is 2.28. The Labute approximate surface area is 163 Å². The van der Waals surface area contributed by atoms with Gasteiger partial charge in [-0.15, -0.1) is 0 Å². The van der Waals surface area contributed by atoms with Gasteiger partial charge in [-0.05, 0) is 31.4 Å². The molecule has 2 heterocycles. The molecule has 2 aromatic rings. The quantitative estimate of drug-likeness (QED) is 0.748. The molecular weight excluding hydrogens is 358 g/mol. The Morgan fingerprint density at radius 1 is 1.36 bits per heavy atom. The van der Waals surface area contributed by atoms with Crippen LogP contribution in [0.1, 0.15) is 24.8 Å². The molecule has 1 aromatic heterocycles. The molecular formula is C20H27N5O3. The molecule has 8 heteroatoms. The standard InChI is InChI=1S/C20H27N5O3/c1-14-4-2-6-16-18(14)23-13-25(20(16)28)11-7-17(26)24-10-3-5-15(12-24)19(27)22-9-8-21/h2,4,6,13,15H,3,5,7-12,21H2,1H3,(H,22,27). The smallest absolute Gasteiger partial charge is 0.261 e. The number of carbonyl (C=O) groups excluding carboxylic acids is 2. The molecule has 0 spiro atoms. The van der Waals surface area contributed by atoms with Gasteiger partial charge in [0.15, 0.2) is 0 Å². The number of fused-ring (bicyclic) bond motifs is 1.